The summed E-state index contributed by atoms with van der Waals surface area (Å²) < 4.78 is 7.19. The zero-order valence-electron chi connectivity index (χ0n) is 15.9. The van der Waals surface area contributed by atoms with Crippen LogP contribution in [-0.2, 0) is 4.74 Å². The molecule has 4 heteroatoms. The molecule has 29 heavy (non-hydrogen) atoms. The summed E-state index contributed by atoms with van der Waals surface area (Å²) in [6.45, 7) is 0. The highest BCUT2D eigenvalue weighted by Gasteiger charge is 2.24. The van der Waals surface area contributed by atoms with E-state index in [-0.39, 0.29) is 0 Å². The maximum absolute atomic E-state index is 12.9. The van der Waals surface area contributed by atoms with Crippen LogP contribution in [0.1, 0.15) is 10.4 Å². The topological polar surface area (TPSA) is 43.6 Å². The summed E-state index contributed by atoms with van der Waals surface area (Å²) in [6, 6.07) is 28.0. The number of imidazole rings is 1. The molecule has 0 atom stereocenters. The van der Waals surface area contributed by atoms with Crippen molar-refractivity contribution in [3.8, 4) is 22.3 Å². The highest BCUT2D eigenvalue weighted by molar-refractivity contribution is 6.13. The van der Waals surface area contributed by atoms with E-state index in [1.54, 1.807) is 0 Å². The highest BCUT2D eigenvalue weighted by atomic mass is 16.5. The van der Waals surface area contributed by atoms with Crippen LogP contribution in [0.3, 0.4) is 0 Å². The maximum Gasteiger partial charge on any atom is 0.340 e. The van der Waals surface area contributed by atoms with Gasteiger partial charge in [-0.05, 0) is 34.9 Å². The van der Waals surface area contributed by atoms with Crippen LogP contribution in [0.25, 0.3) is 38.9 Å². The maximum atomic E-state index is 12.9. The predicted octanol–water partition coefficient (Wildman–Crippen LogP) is 5.61. The Morgan fingerprint density at radius 1 is 0.828 bits per heavy atom. The first-order valence-corrected chi connectivity index (χ1v) is 9.41. The molecule has 140 valence electrons. The van der Waals surface area contributed by atoms with E-state index in [0.29, 0.717) is 11.1 Å². The normalized spacial score (nSPS) is 11.1. The average Bonchev–Trinajstić information content (AvgIpc) is 3.18. The summed E-state index contributed by atoms with van der Waals surface area (Å²) in [6.07, 6.45) is 1.97. The van der Waals surface area contributed by atoms with Crippen molar-refractivity contribution >= 4 is 22.6 Å². The Balaban J connectivity index is 1.99. The number of benzene rings is 3. The number of aromatic nitrogens is 2. The third-order valence-electron chi connectivity index (χ3n) is 5.14. The number of carbonyl (C=O) groups is 1. The Hall–Kier alpha value is -3.92. The van der Waals surface area contributed by atoms with Gasteiger partial charge in [-0.3, -0.25) is 4.40 Å². The fraction of sp³-hybridized carbons (Fsp3) is 0.0400. The molecule has 0 amide bonds. The minimum atomic E-state index is -0.392. The Bertz CT molecular complexity index is 1340. The monoisotopic (exact) mass is 378 g/mol. The van der Waals surface area contributed by atoms with Gasteiger partial charge in [0.2, 0.25) is 0 Å². The first kappa shape index (κ1) is 17.2. The molecule has 0 N–H and O–H groups in total. The van der Waals surface area contributed by atoms with Gasteiger partial charge in [-0.2, -0.15) is 0 Å². The minimum absolute atomic E-state index is 0.392. The van der Waals surface area contributed by atoms with Gasteiger partial charge in [-0.25, -0.2) is 9.78 Å². The van der Waals surface area contributed by atoms with Crippen LogP contribution in [0.15, 0.2) is 91.1 Å². The number of hydrogen-bond acceptors (Lipinski definition) is 3. The summed E-state index contributed by atoms with van der Waals surface area (Å²) in [5.41, 5.74) is 6.65. The smallest absolute Gasteiger partial charge is 0.340 e. The lowest BCUT2D eigenvalue weighted by molar-refractivity contribution is 0.0603. The second-order valence-corrected chi connectivity index (χ2v) is 6.81. The molecule has 3 aromatic carbocycles. The molecule has 2 aromatic heterocycles. The molecule has 0 saturated carbocycles. The summed E-state index contributed by atoms with van der Waals surface area (Å²) in [4.78, 5) is 17.7. The lowest BCUT2D eigenvalue weighted by Crippen LogP contribution is -2.06. The van der Waals surface area contributed by atoms with Crippen LogP contribution >= 0.6 is 0 Å². The molecule has 0 unspecified atom stereocenters. The quantitative estimate of drug-likeness (QED) is 0.383. The Morgan fingerprint density at radius 3 is 2.10 bits per heavy atom. The third-order valence-corrected chi connectivity index (χ3v) is 5.14. The van der Waals surface area contributed by atoms with E-state index in [0.717, 1.165) is 33.4 Å². The van der Waals surface area contributed by atoms with Crippen LogP contribution in [0.2, 0.25) is 0 Å². The molecule has 0 saturated heterocycles. The first-order valence-electron chi connectivity index (χ1n) is 9.41. The molecule has 0 aliphatic rings. The van der Waals surface area contributed by atoms with Crippen LogP contribution in [0.4, 0.5) is 0 Å². The number of hydrogen-bond donors (Lipinski definition) is 0. The van der Waals surface area contributed by atoms with E-state index < -0.39 is 5.97 Å². The van der Waals surface area contributed by atoms with Gasteiger partial charge in [0.1, 0.15) is 11.2 Å². The van der Waals surface area contributed by atoms with Gasteiger partial charge in [-0.1, -0.05) is 66.7 Å². The number of nitrogens with zero attached hydrogens (tertiary/aromatic N) is 2. The van der Waals surface area contributed by atoms with Crippen molar-refractivity contribution in [1.29, 1.82) is 0 Å². The minimum Gasteiger partial charge on any atom is -0.465 e. The van der Waals surface area contributed by atoms with Gasteiger partial charge >= 0.3 is 5.97 Å². The van der Waals surface area contributed by atoms with Crippen molar-refractivity contribution < 1.29 is 9.53 Å². The Labute approximate surface area is 168 Å². The van der Waals surface area contributed by atoms with Crippen molar-refractivity contribution in [1.82, 2.24) is 9.38 Å². The van der Waals surface area contributed by atoms with Crippen molar-refractivity contribution in [3.63, 3.8) is 0 Å². The lowest BCUT2D eigenvalue weighted by Gasteiger charge is -2.14. The van der Waals surface area contributed by atoms with Gasteiger partial charge in [-0.15, -0.1) is 0 Å². The summed E-state index contributed by atoms with van der Waals surface area (Å²) in [7, 11) is 1.41. The van der Waals surface area contributed by atoms with E-state index in [2.05, 4.69) is 18.2 Å². The SMILES string of the molecule is COC(=O)c1c(-c2ccccc2)cc(-c2ccccc2)c2c1nc1ccccn12. The number of rotatable bonds is 3. The zero-order valence-corrected chi connectivity index (χ0v) is 15.9. The molecule has 5 rings (SSSR count). The second kappa shape index (κ2) is 6.91. The summed E-state index contributed by atoms with van der Waals surface area (Å²) in [5.74, 6) is -0.392. The van der Waals surface area contributed by atoms with Gasteiger partial charge in [0.25, 0.3) is 0 Å². The fourth-order valence-electron chi connectivity index (χ4n) is 3.83. The number of esters is 1. The highest BCUT2D eigenvalue weighted by Crippen LogP contribution is 2.38. The zero-order chi connectivity index (χ0) is 19.8. The van der Waals surface area contributed by atoms with Crippen LogP contribution in [0, 0.1) is 0 Å². The molecular formula is C25H18N2O2. The molecule has 0 bridgehead atoms. The van der Waals surface area contributed by atoms with E-state index in [9.17, 15) is 4.79 Å². The second-order valence-electron chi connectivity index (χ2n) is 6.81. The first-order chi connectivity index (χ1) is 14.3. The van der Waals surface area contributed by atoms with Gasteiger partial charge < -0.3 is 4.74 Å². The Kier molecular flexibility index (Phi) is 4.10. The van der Waals surface area contributed by atoms with Crippen molar-refractivity contribution in [2.75, 3.05) is 7.11 Å². The van der Waals surface area contributed by atoms with Gasteiger partial charge in [0, 0.05) is 11.8 Å². The number of methoxy groups -OCH3 is 1. The molecule has 4 nitrogen and oxygen atoms in total. The molecule has 0 aliphatic heterocycles. The van der Waals surface area contributed by atoms with Gasteiger partial charge in [0.15, 0.2) is 0 Å². The lowest BCUT2D eigenvalue weighted by atomic mass is 9.92. The van der Waals surface area contributed by atoms with E-state index in [1.165, 1.54) is 7.11 Å². The summed E-state index contributed by atoms with van der Waals surface area (Å²) >= 11 is 0. The van der Waals surface area contributed by atoms with E-state index in [4.69, 9.17) is 9.72 Å². The number of ether oxygens (including phenoxy) is 1. The molecule has 0 radical (unpaired) electrons. The van der Waals surface area contributed by atoms with Crippen LogP contribution < -0.4 is 0 Å². The number of carbonyl (C=O) groups excluding carboxylic acids is 1. The van der Waals surface area contributed by atoms with Crippen LogP contribution in [-0.4, -0.2) is 22.5 Å². The average molecular weight is 378 g/mol. The predicted molar refractivity (Wildman–Crippen MR) is 115 cm³/mol. The fourth-order valence-corrected chi connectivity index (χ4v) is 3.83. The van der Waals surface area contributed by atoms with E-state index in [1.807, 2.05) is 77.3 Å². The van der Waals surface area contributed by atoms with E-state index >= 15 is 0 Å². The summed E-state index contributed by atoms with van der Waals surface area (Å²) in [5, 5.41) is 0. The molecule has 2 heterocycles. The molecule has 0 spiro atoms. The molecule has 0 aliphatic carbocycles. The van der Waals surface area contributed by atoms with Crippen LogP contribution in [0.5, 0.6) is 0 Å². The van der Waals surface area contributed by atoms with Crippen molar-refractivity contribution in [3.05, 3.63) is 96.7 Å². The van der Waals surface area contributed by atoms with Crippen molar-refractivity contribution in [2.45, 2.75) is 0 Å². The largest absolute Gasteiger partial charge is 0.465 e. The molecule has 0 fully saturated rings. The standard InChI is InChI=1S/C25H18N2O2/c1-29-25(28)22-19(17-10-4-2-5-11-17)16-20(18-12-6-3-7-13-18)24-23(22)26-21-14-8-9-15-27(21)24/h2-16H,1H3. The Morgan fingerprint density at radius 2 is 1.45 bits per heavy atom. The molecular weight excluding hydrogens is 360 g/mol. The number of pyridine rings is 1. The molecule has 5 aromatic rings. The van der Waals surface area contributed by atoms with Crippen molar-refractivity contribution in [2.24, 2.45) is 0 Å². The van der Waals surface area contributed by atoms with Gasteiger partial charge in [0.05, 0.1) is 18.2 Å². The number of fused-ring (bicyclic) bond motifs is 3. The third kappa shape index (κ3) is 2.77.